The number of sulfonamides is 1. The SMILES string of the molecule is CCCCC(CC)Cn1cc(S(N)(=O)=O)c2ccccc21. The summed E-state index contributed by atoms with van der Waals surface area (Å²) in [6.07, 6.45) is 6.35. The minimum absolute atomic E-state index is 0.225. The fraction of sp³-hybridized carbons (Fsp3) is 0.500. The molecule has 0 aliphatic heterocycles. The summed E-state index contributed by atoms with van der Waals surface area (Å²) in [7, 11) is -3.69. The summed E-state index contributed by atoms with van der Waals surface area (Å²) in [6.45, 7) is 5.22. The molecule has 2 aromatic rings. The van der Waals surface area contributed by atoms with Crippen molar-refractivity contribution >= 4 is 20.9 Å². The van der Waals surface area contributed by atoms with Crippen LogP contribution in [0.5, 0.6) is 0 Å². The number of para-hydroxylation sites is 1. The summed E-state index contributed by atoms with van der Waals surface area (Å²) >= 11 is 0. The average molecular weight is 308 g/mol. The molecule has 4 nitrogen and oxygen atoms in total. The van der Waals surface area contributed by atoms with E-state index in [1.807, 2.05) is 28.8 Å². The number of hydrogen-bond acceptors (Lipinski definition) is 2. The lowest BCUT2D eigenvalue weighted by Gasteiger charge is -2.16. The van der Waals surface area contributed by atoms with Crippen LogP contribution in [-0.2, 0) is 16.6 Å². The maximum atomic E-state index is 11.8. The Morgan fingerprint density at radius 3 is 2.57 bits per heavy atom. The second-order valence-corrected chi connectivity index (χ2v) is 7.15. The third kappa shape index (κ3) is 3.66. The monoisotopic (exact) mass is 308 g/mol. The molecule has 0 radical (unpaired) electrons. The van der Waals surface area contributed by atoms with Gasteiger partial charge in [-0.25, -0.2) is 13.6 Å². The van der Waals surface area contributed by atoms with Gasteiger partial charge in [0.2, 0.25) is 10.0 Å². The fourth-order valence-corrected chi connectivity index (χ4v) is 3.54. The molecule has 1 heterocycles. The molecule has 0 amide bonds. The van der Waals surface area contributed by atoms with Gasteiger partial charge in [-0.05, 0) is 18.4 Å². The zero-order valence-electron chi connectivity index (χ0n) is 12.7. The number of nitrogens with zero attached hydrogens (tertiary/aromatic N) is 1. The molecule has 1 aromatic carbocycles. The molecular weight excluding hydrogens is 284 g/mol. The molecule has 0 aliphatic rings. The summed E-state index contributed by atoms with van der Waals surface area (Å²) in [4.78, 5) is 0.225. The third-order valence-corrected chi connectivity index (χ3v) is 5.00. The van der Waals surface area contributed by atoms with Crippen molar-refractivity contribution in [2.24, 2.45) is 11.1 Å². The van der Waals surface area contributed by atoms with Crippen LogP contribution >= 0.6 is 0 Å². The van der Waals surface area contributed by atoms with Crippen molar-refractivity contribution in [1.82, 2.24) is 4.57 Å². The van der Waals surface area contributed by atoms with Crippen molar-refractivity contribution in [3.8, 4) is 0 Å². The van der Waals surface area contributed by atoms with Crippen molar-refractivity contribution in [1.29, 1.82) is 0 Å². The van der Waals surface area contributed by atoms with Crippen LogP contribution in [0.15, 0.2) is 35.4 Å². The smallest absolute Gasteiger partial charge is 0.240 e. The predicted molar refractivity (Wildman–Crippen MR) is 86.6 cm³/mol. The van der Waals surface area contributed by atoms with E-state index in [1.165, 1.54) is 19.3 Å². The van der Waals surface area contributed by atoms with Crippen molar-refractivity contribution in [2.45, 2.75) is 51.0 Å². The van der Waals surface area contributed by atoms with Gasteiger partial charge in [0, 0.05) is 23.6 Å². The molecule has 2 N–H and O–H groups in total. The number of unbranched alkanes of at least 4 members (excludes halogenated alkanes) is 1. The molecule has 0 saturated carbocycles. The lowest BCUT2D eigenvalue weighted by Crippen LogP contribution is -2.12. The maximum absolute atomic E-state index is 11.8. The summed E-state index contributed by atoms with van der Waals surface area (Å²) in [5.74, 6) is 0.564. The predicted octanol–water partition coefficient (Wildman–Crippen LogP) is 3.51. The standard InChI is InChI=1S/C16H24N2O2S/c1-3-5-8-13(4-2)11-18-12-16(21(17,19)20)14-9-6-7-10-15(14)18/h6-7,9-10,12-13H,3-5,8,11H2,1-2H3,(H2,17,19,20). The van der Waals surface area contributed by atoms with Gasteiger partial charge in [0.1, 0.15) is 4.90 Å². The van der Waals surface area contributed by atoms with E-state index in [0.29, 0.717) is 11.3 Å². The molecule has 1 atom stereocenters. The Hall–Kier alpha value is -1.33. The van der Waals surface area contributed by atoms with Crippen LogP contribution in [0.3, 0.4) is 0 Å². The van der Waals surface area contributed by atoms with Crippen LogP contribution in [0, 0.1) is 5.92 Å². The van der Waals surface area contributed by atoms with Gasteiger partial charge in [0.05, 0.1) is 0 Å². The first kappa shape index (κ1) is 16.0. The summed E-state index contributed by atoms with van der Waals surface area (Å²) < 4.78 is 25.5. The van der Waals surface area contributed by atoms with E-state index in [4.69, 9.17) is 5.14 Å². The Morgan fingerprint density at radius 1 is 1.24 bits per heavy atom. The summed E-state index contributed by atoms with van der Waals surface area (Å²) in [5, 5.41) is 6.05. The zero-order chi connectivity index (χ0) is 15.5. The highest BCUT2D eigenvalue weighted by Crippen LogP contribution is 2.26. The van der Waals surface area contributed by atoms with Crippen LogP contribution in [0.2, 0.25) is 0 Å². The van der Waals surface area contributed by atoms with E-state index in [0.717, 1.165) is 18.5 Å². The molecule has 21 heavy (non-hydrogen) atoms. The fourth-order valence-electron chi connectivity index (χ4n) is 2.79. The van der Waals surface area contributed by atoms with Crippen molar-refractivity contribution in [2.75, 3.05) is 0 Å². The maximum Gasteiger partial charge on any atom is 0.240 e. The first-order valence-electron chi connectivity index (χ1n) is 7.58. The highest BCUT2D eigenvalue weighted by Gasteiger charge is 2.18. The van der Waals surface area contributed by atoms with Crippen LogP contribution < -0.4 is 5.14 Å². The Morgan fingerprint density at radius 2 is 1.95 bits per heavy atom. The largest absolute Gasteiger partial charge is 0.346 e. The van der Waals surface area contributed by atoms with Gasteiger partial charge >= 0.3 is 0 Å². The van der Waals surface area contributed by atoms with Gasteiger partial charge in [-0.3, -0.25) is 0 Å². The van der Waals surface area contributed by atoms with Gasteiger partial charge in [0.25, 0.3) is 0 Å². The highest BCUT2D eigenvalue weighted by molar-refractivity contribution is 7.89. The first-order valence-corrected chi connectivity index (χ1v) is 9.12. The molecular formula is C16H24N2O2S. The summed E-state index contributed by atoms with van der Waals surface area (Å²) in [6, 6.07) is 7.55. The Kier molecular flexibility index (Phi) is 5.06. The van der Waals surface area contributed by atoms with E-state index < -0.39 is 10.0 Å². The molecule has 116 valence electrons. The number of rotatable bonds is 7. The van der Waals surface area contributed by atoms with Crippen LogP contribution in [0.1, 0.15) is 39.5 Å². The number of nitrogens with two attached hydrogens (primary N) is 1. The quantitative estimate of drug-likeness (QED) is 0.850. The van der Waals surface area contributed by atoms with Crippen molar-refractivity contribution in [3.63, 3.8) is 0 Å². The lowest BCUT2D eigenvalue weighted by molar-refractivity contribution is 0.395. The van der Waals surface area contributed by atoms with E-state index in [9.17, 15) is 8.42 Å². The normalized spacial score (nSPS) is 13.7. The molecule has 2 rings (SSSR count). The van der Waals surface area contributed by atoms with Gasteiger partial charge in [-0.1, -0.05) is 51.3 Å². The molecule has 0 spiro atoms. The topological polar surface area (TPSA) is 65.1 Å². The van der Waals surface area contributed by atoms with Gasteiger partial charge in [-0.2, -0.15) is 0 Å². The minimum atomic E-state index is -3.69. The molecule has 5 heteroatoms. The van der Waals surface area contributed by atoms with Crippen LogP contribution in [-0.4, -0.2) is 13.0 Å². The Balaban J connectivity index is 2.40. The zero-order valence-corrected chi connectivity index (χ0v) is 13.6. The van der Waals surface area contributed by atoms with Gasteiger partial charge in [0.15, 0.2) is 0 Å². The molecule has 0 aliphatic carbocycles. The van der Waals surface area contributed by atoms with Crippen molar-refractivity contribution in [3.05, 3.63) is 30.5 Å². The second-order valence-electron chi connectivity index (χ2n) is 5.62. The number of fused-ring (bicyclic) bond motifs is 1. The first-order chi connectivity index (χ1) is 9.97. The third-order valence-electron chi connectivity index (χ3n) is 4.06. The molecule has 0 bridgehead atoms. The highest BCUT2D eigenvalue weighted by atomic mass is 32.2. The number of benzene rings is 1. The van der Waals surface area contributed by atoms with Crippen molar-refractivity contribution < 1.29 is 8.42 Å². The summed E-state index contributed by atoms with van der Waals surface area (Å²) in [5.41, 5.74) is 0.941. The minimum Gasteiger partial charge on any atom is -0.346 e. The van der Waals surface area contributed by atoms with Gasteiger partial charge < -0.3 is 4.57 Å². The van der Waals surface area contributed by atoms with Gasteiger partial charge in [-0.15, -0.1) is 0 Å². The Bertz CT molecular complexity index is 704. The van der Waals surface area contributed by atoms with E-state index in [-0.39, 0.29) is 4.90 Å². The van der Waals surface area contributed by atoms with E-state index in [2.05, 4.69) is 13.8 Å². The van der Waals surface area contributed by atoms with Crippen LogP contribution in [0.4, 0.5) is 0 Å². The number of primary sulfonamides is 1. The molecule has 1 unspecified atom stereocenters. The number of aromatic nitrogens is 1. The second kappa shape index (κ2) is 6.62. The molecule has 1 aromatic heterocycles. The number of hydrogen-bond donors (Lipinski definition) is 1. The van der Waals surface area contributed by atoms with Crippen LogP contribution in [0.25, 0.3) is 10.9 Å². The van der Waals surface area contributed by atoms with E-state index >= 15 is 0 Å². The lowest BCUT2D eigenvalue weighted by atomic mass is 9.99. The Labute approximate surface area is 127 Å². The van der Waals surface area contributed by atoms with E-state index in [1.54, 1.807) is 6.20 Å². The average Bonchev–Trinajstić information content (AvgIpc) is 2.82. The molecule has 0 saturated heterocycles. The molecule has 0 fully saturated rings.